The first-order valence-corrected chi connectivity index (χ1v) is 18.6. The zero-order valence-corrected chi connectivity index (χ0v) is 33.9. The van der Waals surface area contributed by atoms with Crippen LogP contribution in [-0.4, -0.2) is 26.2 Å². The third-order valence-corrected chi connectivity index (χ3v) is 9.11. The quantitative estimate of drug-likeness (QED) is 0.0707. The zero-order valence-electron chi connectivity index (χ0n) is 32.3. The van der Waals surface area contributed by atoms with Crippen molar-refractivity contribution in [1.82, 2.24) is 19.9 Å². The molecule has 59 heavy (non-hydrogen) atoms. The van der Waals surface area contributed by atoms with E-state index in [2.05, 4.69) is 69.3 Å². The van der Waals surface area contributed by atoms with Crippen LogP contribution in [0.4, 0.5) is 46.3 Å². The summed E-state index contributed by atoms with van der Waals surface area (Å²) in [4.78, 5) is 29.0. The van der Waals surface area contributed by atoms with Crippen molar-refractivity contribution in [2.75, 3.05) is 21.3 Å². The summed E-state index contributed by atoms with van der Waals surface area (Å²) in [5.74, 6) is 1.76. The van der Waals surface area contributed by atoms with E-state index in [0.29, 0.717) is 46.5 Å². The van der Waals surface area contributed by atoms with Crippen molar-refractivity contribution in [3.05, 3.63) is 152 Å². The molecule has 2 aromatic heterocycles. The molecule has 0 bridgehead atoms. The van der Waals surface area contributed by atoms with Gasteiger partial charge in [0.1, 0.15) is 11.6 Å². The highest BCUT2D eigenvalue weighted by atomic mass is 79.9. The molecule has 0 unspecified atom stereocenters. The second-order valence-electron chi connectivity index (χ2n) is 12.9. The fourth-order valence-corrected chi connectivity index (χ4v) is 6.04. The van der Waals surface area contributed by atoms with Gasteiger partial charge in [0.05, 0.1) is 45.4 Å². The van der Waals surface area contributed by atoms with E-state index < -0.39 is 0 Å². The van der Waals surface area contributed by atoms with E-state index in [1.807, 2.05) is 64.1 Å². The Bertz CT molecular complexity index is 2690. The first-order chi connectivity index (χ1) is 28.5. The average molecular weight is 840 g/mol. The molecule has 0 amide bonds. The van der Waals surface area contributed by atoms with Gasteiger partial charge in [-0.2, -0.15) is 31.0 Å². The van der Waals surface area contributed by atoms with Gasteiger partial charge in [0.25, 0.3) is 0 Å². The second-order valence-corrected chi connectivity index (χ2v) is 13.7. The Hall–Kier alpha value is -8.17. The molecular formula is C45H35BrN12O. The minimum absolute atomic E-state index is 0.316. The third kappa shape index (κ3) is 11.4. The van der Waals surface area contributed by atoms with Crippen molar-refractivity contribution < 1.29 is 4.79 Å². The Balaban J connectivity index is 0.000000224. The molecule has 4 aromatic carbocycles. The van der Waals surface area contributed by atoms with Gasteiger partial charge in [0.2, 0.25) is 11.9 Å². The number of nitrogens with zero attached hydrogens (tertiary/aromatic N) is 8. The Morgan fingerprint density at radius 3 is 1.39 bits per heavy atom. The fraction of sp³-hybridized carbons (Fsp3) is 0.0889. The first-order valence-electron chi connectivity index (χ1n) is 17.8. The van der Waals surface area contributed by atoms with E-state index in [1.165, 1.54) is 18.3 Å². The van der Waals surface area contributed by atoms with Crippen LogP contribution >= 0.6 is 15.9 Å². The monoisotopic (exact) mass is 838 g/mol. The van der Waals surface area contributed by atoms with Gasteiger partial charge in [-0.05, 0) is 162 Å². The predicted octanol–water partition coefficient (Wildman–Crippen LogP) is 10.6. The maximum Gasteiger partial charge on any atom is 0.229 e. The molecule has 6 rings (SSSR count). The van der Waals surface area contributed by atoms with E-state index in [4.69, 9.17) is 21.0 Å². The number of aryl methyl sites for hydroxylation is 4. The molecule has 0 spiro atoms. The molecule has 0 aliphatic heterocycles. The lowest BCUT2D eigenvalue weighted by molar-refractivity contribution is 0.112. The molecule has 0 atom stereocenters. The van der Waals surface area contributed by atoms with Gasteiger partial charge in [-0.1, -0.05) is 0 Å². The van der Waals surface area contributed by atoms with Crippen molar-refractivity contribution in [2.45, 2.75) is 27.7 Å². The molecule has 14 heteroatoms. The Morgan fingerprint density at radius 1 is 0.576 bits per heavy atom. The molecule has 0 radical (unpaired) electrons. The number of nitrogens with one attached hydrogen (secondary N) is 4. The molecule has 0 fully saturated rings. The fourth-order valence-electron chi connectivity index (χ4n) is 5.75. The minimum Gasteiger partial charge on any atom is -0.339 e. The summed E-state index contributed by atoms with van der Waals surface area (Å²) < 4.78 is 0.732. The molecule has 0 saturated heterocycles. The maximum atomic E-state index is 11.5. The van der Waals surface area contributed by atoms with Crippen molar-refractivity contribution in [2.24, 2.45) is 0 Å². The molecule has 2 heterocycles. The molecule has 288 valence electrons. The summed E-state index contributed by atoms with van der Waals surface area (Å²) in [5, 5.41) is 48.0. The maximum absolute atomic E-state index is 11.5. The zero-order chi connectivity index (χ0) is 42.3. The number of rotatable bonds is 11. The average Bonchev–Trinajstić information content (AvgIpc) is 3.24. The molecule has 13 nitrogen and oxygen atoms in total. The summed E-state index contributed by atoms with van der Waals surface area (Å²) in [6.45, 7) is 7.89. The van der Waals surface area contributed by atoms with Crippen LogP contribution in [0.5, 0.6) is 0 Å². The van der Waals surface area contributed by atoms with Gasteiger partial charge < -0.3 is 21.3 Å². The Kier molecular flexibility index (Phi) is 14.3. The molecule has 0 saturated carbocycles. The first kappa shape index (κ1) is 42.0. The number of aromatic nitrogens is 4. The van der Waals surface area contributed by atoms with E-state index in [9.17, 15) is 4.79 Å². The van der Waals surface area contributed by atoms with Crippen molar-refractivity contribution in [3.63, 3.8) is 0 Å². The third-order valence-electron chi connectivity index (χ3n) is 8.53. The number of hydrogen-bond acceptors (Lipinski definition) is 13. The summed E-state index contributed by atoms with van der Waals surface area (Å²) in [6, 6.07) is 30.0. The van der Waals surface area contributed by atoms with E-state index in [-0.39, 0.29) is 0 Å². The highest BCUT2D eigenvalue weighted by Crippen LogP contribution is 2.31. The van der Waals surface area contributed by atoms with Gasteiger partial charge in [-0.25, -0.2) is 9.97 Å². The smallest absolute Gasteiger partial charge is 0.229 e. The number of halogens is 1. The number of anilines is 8. The number of benzene rings is 4. The molecule has 0 aliphatic rings. The number of carbonyl (C=O) groups is 1. The van der Waals surface area contributed by atoms with E-state index in [0.717, 1.165) is 60.6 Å². The lowest BCUT2D eigenvalue weighted by Crippen LogP contribution is -2.06. The van der Waals surface area contributed by atoms with E-state index >= 15 is 0 Å². The molecule has 0 aliphatic carbocycles. The number of hydrogen-bond donors (Lipinski definition) is 4. The largest absolute Gasteiger partial charge is 0.339 e. The number of allylic oxidation sites excluding steroid dienone is 2. The Morgan fingerprint density at radius 2 is 0.983 bits per heavy atom. The summed E-state index contributed by atoms with van der Waals surface area (Å²) in [5.41, 5.74) is 10.6. The van der Waals surface area contributed by atoms with Gasteiger partial charge in [0.15, 0.2) is 6.29 Å². The Labute approximate surface area is 350 Å². The van der Waals surface area contributed by atoms with Crippen molar-refractivity contribution in [3.8, 4) is 24.3 Å². The lowest BCUT2D eigenvalue weighted by Gasteiger charge is -2.15. The van der Waals surface area contributed by atoms with Gasteiger partial charge >= 0.3 is 0 Å². The number of aldehydes is 1. The molecule has 4 N–H and O–H groups in total. The topological polar surface area (TPSA) is 212 Å². The van der Waals surface area contributed by atoms with Gasteiger partial charge in [-0.15, -0.1) is 0 Å². The van der Waals surface area contributed by atoms with E-state index in [1.54, 1.807) is 66.9 Å². The van der Waals surface area contributed by atoms with Gasteiger partial charge in [0, 0.05) is 47.3 Å². The summed E-state index contributed by atoms with van der Waals surface area (Å²) >= 11 is 3.49. The highest BCUT2D eigenvalue weighted by molar-refractivity contribution is 9.10. The highest BCUT2D eigenvalue weighted by Gasteiger charge is 2.13. The van der Waals surface area contributed by atoms with Crippen LogP contribution in [0, 0.1) is 73.0 Å². The van der Waals surface area contributed by atoms with Crippen LogP contribution in [0.3, 0.4) is 0 Å². The standard InChI is InChI=1S/C23H18N6O.C22H17BrN6/c1-15-10-18(4-3-9-24)11-16(2)21(15)28-22-19(14-30)13-26-23(29-22)27-20-7-5-17(12-25)6-8-20;1-14-10-17(4-3-9-24)11-15(2)20(14)28-21-19(23)13-26-22(29-21)27-18-7-5-16(12-25)6-8-18/h3-8,10-11,13-14H,1-2H3,(H2,26,27,28,29);3-8,10-11,13H,1-2H3,(H2,26,27,28,29)/b2*4-3+. The second kappa shape index (κ2) is 20.1. The molecule has 6 aromatic rings. The van der Waals surface area contributed by atoms with Crippen LogP contribution in [0.2, 0.25) is 0 Å². The van der Waals surface area contributed by atoms with Crippen LogP contribution < -0.4 is 21.3 Å². The lowest BCUT2D eigenvalue weighted by atomic mass is 10.0. The van der Waals surface area contributed by atoms with Crippen LogP contribution in [0.15, 0.2) is 102 Å². The van der Waals surface area contributed by atoms with Crippen LogP contribution in [0.25, 0.3) is 12.2 Å². The van der Waals surface area contributed by atoms with Gasteiger partial charge in [-0.3, -0.25) is 4.79 Å². The summed E-state index contributed by atoms with van der Waals surface area (Å²) in [6.07, 6.45) is 10.2. The van der Waals surface area contributed by atoms with Crippen molar-refractivity contribution in [1.29, 1.82) is 21.0 Å². The number of carbonyl (C=O) groups excluding carboxylic acids is 1. The summed E-state index contributed by atoms with van der Waals surface area (Å²) in [7, 11) is 0. The normalized spacial score (nSPS) is 10.3. The van der Waals surface area contributed by atoms with Crippen molar-refractivity contribution >= 4 is 80.7 Å². The minimum atomic E-state index is 0.316. The SMILES string of the molecule is Cc1cc(/C=C/C#N)cc(C)c1Nc1nc(Nc2ccc(C#N)cc2)ncc1Br.Cc1cc(/C=C/C#N)cc(C)c1Nc1nc(Nc2ccc(C#N)cc2)ncc1C=O. The van der Waals surface area contributed by atoms with Crippen LogP contribution in [0.1, 0.15) is 54.9 Å². The molecular weight excluding hydrogens is 804 g/mol. The predicted molar refractivity (Wildman–Crippen MR) is 234 cm³/mol. The van der Waals surface area contributed by atoms with Crippen LogP contribution in [-0.2, 0) is 0 Å². The number of nitriles is 4.